The Morgan fingerprint density at radius 2 is 1.91 bits per heavy atom. The summed E-state index contributed by atoms with van der Waals surface area (Å²) in [6.45, 7) is 0. The lowest BCUT2D eigenvalue weighted by Crippen LogP contribution is -2.17. The summed E-state index contributed by atoms with van der Waals surface area (Å²) in [7, 11) is -2.63. The van der Waals surface area contributed by atoms with E-state index < -0.39 is 16.0 Å². The topological polar surface area (TPSA) is 92.7 Å². The van der Waals surface area contributed by atoms with Gasteiger partial charge in [0.15, 0.2) is 0 Å². The Balaban J connectivity index is 2.43. The molecule has 22 heavy (non-hydrogen) atoms. The number of benzene rings is 2. The number of methoxy groups -OCH3 is 1. The molecule has 0 saturated heterocycles. The number of anilines is 1. The van der Waals surface area contributed by atoms with Gasteiger partial charge in [-0.2, -0.15) is 0 Å². The number of nitrogens with one attached hydrogen (secondary N) is 1. The summed E-state index contributed by atoms with van der Waals surface area (Å²) in [5.74, 6) is -0.860. The first-order valence-corrected chi connectivity index (χ1v) is 7.90. The van der Waals surface area contributed by atoms with Crippen molar-refractivity contribution in [3.63, 3.8) is 0 Å². The van der Waals surface area contributed by atoms with Crippen LogP contribution < -0.4 is 9.46 Å². The van der Waals surface area contributed by atoms with Gasteiger partial charge < -0.3 is 9.84 Å². The fourth-order valence-electron chi connectivity index (χ4n) is 1.78. The second-order valence-corrected chi connectivity index (χ2v) is 6.31. The standard InChI is InChI=1S/C14H12ClNO5S/c1-21-9-6-7-12(11(15)8-9)16-22(19,20)13-5-3-2-4-10(13)14(17)18/h2-8,16H,1H3,(H,17,18). The molecule has 0 bridgehead atoms. The molecular weight excluding hydrogens is 330 g/mol. The number of carboxylic acid groups (broad SMARTS) is 1. The maximum Gasteiger partial charge on any atom is 0.337 e. The minimum Gasteiger partial charge on any atom is -0.497 e. The monoisotopic (exact) mass is 341 g/mol. The van der Waals surface area contributed by atoms with Crippen molar-refractivity contribution in [3.8, 4) is 5.75 Å². The van der Waals surface area contributed by atoms with Gasteiger partial charge in [-0.1, -0.05) is 23.7 Å². The number of halogens is 1. The van der Waals surface area contributed by atoms with E-state index in [1.807, 2.05) is 0 Å². The van der Waals surface area contributed by atoms with Crippen LogP contribution in [0.25, 0.3) is 0 Å². The fourth-order valence-corrected chi connectivity index (χ4v) is 3.34. The molecular formula is C14H12ClNO5S. The molecule has 0 saturated carbocycles. The first kappa shape index (κ1) is 16.1. The lowest BCUT2D eigenvalue weighted by atomic mass is 10.2. The van der Waals surface area contributed by atoms with E-state index >= 15 is 0 Å². The van der Waals surface area contributed by atoms with Crippen molar-refractivity contribution in [2.24, 2.45) is 0 Å². The molecule has 0 aliphatic rings. The van der Waals surface area contributed by atoms with Crippen molar-refractivity contribution in [3.05, 3.63) is 53.1 Å². The number of sulfonamides is 1. The zero-order chi connectivity index (χ0) is 16.3. The molecule has 0 aromatic heterocycles. The van der Waals surface area contributed by atoms with Crippen molar-refractivity contribution < 1.29 is 23.1 Å². The number of carbonyl (C=O) groups is 1. The Bertz CT molecular complexity index is 820. The van der Waals surface area contributed by atoms with E-state index in [1.54, 1.807) is 0 Å². The number of carboxylic acids is 1. The number of aromatic carboxylic acids is 1. The maximum absolute atomic E-state index is 12.4. The van der Waals surface area contributed by atoms with Crippen LogP contribution in [0.3, 0.4) is 0 Å². The molecule has 0 unspecified atom stereocenters. The third-order valence-corrected chi connectivity index (χ3v) is 4.56. The van der Waals surface area contributed by atoms with Gasteiger partial charge in [-0.3, -0.25) is 4.72 Å². The summed E-state index contributed by atoms with van der Waals surface area (Å²) < 4.78 is 32.0. The largest absolute Gasteiger partial charge is 0.497 e. The van der Waals surface area contributed by atoms with Gasteiger partial charge in [0.25, 0.3) is 10.0 Å². The zero-order valence-electron chi connectivity index (χ0n) is 11.4. The molecule has 0 aliphatic heterocycles. The predicted octanol–water partition coefficient (Wildman–Crippen LogP) is 2.85. The Morgan fingerprint density at radius 1 is 1.23 bits per heavy atom. The SMILES string of the molecule is COc1ccc(NS(=O)(=O)c2ccccc2C(=O)O)c(Cl)c1. The van der Waals surface area contributed by atoms with Gasteiger partial charge in [0.2, 0.25) is 0 Å². The number of ether oxygens (including phenoxy) is 1. The third-order valence-electron chi connectivity index (χ3n) is 2.83. The van der Waals surface area contributed by atoms with Gasteiger partial charge in [-0.05, 0) is 24.3 Å². The van der Waals surface area contributed by atoms with Crippen molar-refractivity contribution in [1.82, 2.24) is 0 Å². The average Bonchev–Trinajstić information content (AvgIpc) is 2.49. The molecule has 2 rings (SSSR count). The summed E-state index contributed by atoms with van der Waals surface area (Å²) in [5, 5.41) is 9.22. The van der Waals surface area contributed by atoms with Crippen molar-refractivity contribution in [1.29, 1.82) is 0 Å². The highest BCUT2D eigenvalue weighted by molar-refractivity contribution is 7.92. The summed E-state index contributed by atoms with van der Waals surface area (Å²) in [5.41, 5.74) is -0.192. The molecule has 0 amide bonds. The normalized spacial score (nSPS) is 11.0. The van der Waals surface area contributed by atoms with Crippen molar-refractivity contribution >= 4 is 33.3 Å². The fraction of sp³-hybridized carbons (Fsp3) is 0.0714. The van der Waals surface area contributed by atoms with Crippen LogP contribution in [-0.4, -0.2) is 26.6 Å². The molecule has 0 aliphatic carbocycles. The van der Waals surface area contributed by atoms with Crippen molar-refractivity contribution in [2.45, 2.75) is 4.90 Å². The van der Waals surface area contributed by atoms with Crippen LogP contribution in [0, 0.1) is 0 Å². The van der Waals surface area contributed by atoms with Crippen LogP contribution in [0.5, 0.6) is 5.75 Å². The number of rotatable bonds is 5. The quantitative estimate of drug-likeness (QED) is 0.872. The maximum atomic E-state index is 12.4. The van der Waals surface area contributed by atoms with E-state index in [9.17, 15) is 13.2 Å². The smallest absolute Gasteiger partial charge is 0.337 e. The average molecular weight is 342 g/mol. The van der Waals surface area contributed by atoms with Gasteiger partial charge in [-0.25, -0.2) is 13.2 Å². The van der Waals surface area contributed by atoms with Gasteiger partial charge in [0.1, 0.15) is 10.6 Å². The van der Waals surface area contributed by atoms with Gasteiger partial charge in [0, 0.05) is 6.07 Å². The number of hydrogen-bond acceptors (Lipinski definition) is 4. The predicted molar refractivity (Wildman–Crippen MR) is 82.2 cm³/mol. The summed E-state index contributed by atoms with van der Waals surface area (Å²) in [4.78, 5) is 10.8. The molecule has 0 spiro atoms. The minimum atomic E-state index is -4.09. The first-order chi connectivity index (χ1) is 10.3. The van der Waals surface area contributed by atoms with Crippen LogP contribution in [-0.2, 0) is 10.0 Å². The van der Waals surface area contributed by atoms with Crippen LogP contribution >= 0.6 is 11.6 Å². The van der Waals surface area contributed by atoms with Crippen LogP contribution in [0.2, 0.25) is 5.02 Å². The second-order valence-electron chi connectivity index (χ2n) is 4.25. The molecule has 116 valence electrons. The Kier molecular flexibility index (Phi) is 4.58. The van der Waals surface area contributed by atoms with Crippen LogP contribution in [0.15, 0.2) is 47.4 Å². The highest BCUT2D eigenvalue weighted by Gasteiger charge is 2.22. The van der Waals surface area contributed by atoms with E-state index in [4.69, 9.17) is 21.4 Å². The molecule has 2 N–H and O–H groups in total. The lowest BCUT2D eigenvalue weighted by Gasteiger charge is -2.12. The summed E-state index contributed by atoms with van der Waals surface area (Å²) in [6, 6.07) is 9.73. The summed E-state index contributed by atoms with van der Waals surface area (Å²) >= 11 is 5.98. The van der Waals surface area contributed by atoms with E-state index in [1.165, 1.54) is 49.6 Å². The third kappa shape index (κ3) is 3.32. The molecule has 2 aromatic rings. The van der Waals surface area contributed by atoms with E-state index in [2.05, 4.69) is 4.72 Å². The van der Waals surface area contributed by atoms with Gasteiger partial charge in [-0.15, -0.1) is 0 Å². The highest BCUT2D eigenvalue weighted by atomic mass is 35.5. The highest BCUT2D eigenvalue weighted by Crippen LogP contribution is 2.29. The molecule has 0 fully saturated rings. The number of hydrogen-bond donors (Lipinski definition) is 2. The van der Waals surface area contributed by atoms with Crippen LogP contribution in [0.1, 0.15) is 10.4 Å². The van der Waals surface area contributed by atoms with Crippen molar-refractivity contribution in [2.75, 3.05) is 11.8 Å². The molecule has 0 atom stereocenters. The second kappa shape index (κ2) is 6.25. The first-order valence-electron chi connectivity index (χ1n) is 6.04. The van der Waals surface area contributed by atoms with E-state index in [0.717, 1.165) is 0 Å². The molecule has 8 heteroatoms. The molecule has 0 radical (unpaired) electrons. The zero-order valence-corrected chi connectivity index (χ0v) is 13.0. The van der Waals surface area contributed by atoms with Gasteiger partial charge in [0.05, 0.1) is 23.4 Å². The molecule has 2 aromatic carbocycles. The molecule has 0 heterocycles. The Hall–Kier alpha value is -2.25. The summed E-state index contributed by atoms with van der Waals surface area (Å²) in [6.07, 6.45) is 0. The molecule has 6 nitrogen and oxygen atoms in total. The minimum absolute atomic E-state index is 0.127. The van der Waals surface area contributed by atoms with Gasteiger partial charge >= 0.3 is 5.97 Å². The van der Waals surface area contributed by atoms with E-state index in [0.29, 0.717) is 5.75 Å². The van der Waals surface area contributed by atoms with E-state index in [-0.39, 0.29) is 21.2 Å². The Labute approximate surface area is 132 Å². The Morgan fingerprint density at radius 3 is 2.50 bits per heavy atom. The lowest BCUT2D eigenvalue weighted by molar-refractivity contribution is 0.0692. The van der Waals surface area contributed by atoms with Crippen LogP contribution in [0.4, 0.5) is 5.69 Å².